The highest BCUT2D eigenvalue weighted by Gasteiger charge is 2.11. The zero-order valence-electron chi connectivity index (χ0n) is 16.7. The molecule has 1 heterocycles. The van der Waals surface area contributed by atoms with E-state index in [-0.39, 0.29) is 25.2 Å². The standard InChI is InChI=1S/C22H22N2O4S2/c1-27-18-7-5-16(6-8-18)23-22-24-17(14-30-22)13-28-21(26)12-11-20(25)15-3-9-19(29-2)10-4-15/h3-10,14H,11-13H2,1-2H3,(H,23,24). The van der Waals surface area contributed by atoms with E-state index in [4.69, 9.17) is 9.47 Å². The van der Waals surface area contributed by atoms with Crippen LogP contribution in [0.15, 0.2) is 58.8 Å². The van der Waals surface area contributed by atoms with Crippen molar-refractivity contribution in [1.82, 2.24) is 4.98 Å². The molecule has 1 aromatic heterocycles. The molecule has 1 N–H and O–H groups in total. The van der Waals surface area contributed by atoms with E-state index in [9.17, 15) is 9.59 Å². The monoisotopic (exact) mass is 442 g/mol. The lowest BCUT2D eigenvalue weighted by molar-refractivity contribution is -0.145. The normalized spacial score (nSPS) is 10.5. The molecule has 156 valence electrons. The molecule has 0 atom stereocenters. The van der Waals surface area contributed by atoms with Crippen LogP contribution in [0.1, 0.15) is 28.9 Å². The van der Waals surface area contributed by atoms with E-state index in [2.05, 4.69) is 10.3 Å². The number of ether oxygens (including phenoxy) is 2. The Kier molecular flexibility index (Phi) is 7.87. The highest BCUT2D eigenvalue weighted by Crippen LogP contribution is 2.23. The fraction of sp³-hybridized carbons (Fsp3) is 0.227. The molecule has 0 aliphatic heterocycles. The molecule has 0 saturated heterocycles. The van der Waals surface area contributed by atoms with Crippen LogP contribution < -0.4 is 10.1 Å². The third-order valence-electron chi connectivity index (χ3n) is 4.24. The molecule has 0 aliphatic carbocycles. The number of thiazole rings is 1. The Hall–Kier alpha value is -2.84. The van der Waals surface area contributed by atoms with Crippen molar-refractivity contribution < 1.29 is 19.1 Å². The number of ketones is 1. The number of Topliss-reactive ketones (excluding diaryl/α,β-unsaturated/α-hetero) is 1. The molecule has 0 saturated carbocycles. The number of carbonyl (C=O) groups is 2. The zero-order chi connectivity index (χ0) is 21.3. The van der Waals surface area contributed by atoms with E-state index in [0.29, 0.717) is 16.4 Å². The van der Waals surface area contributed by atoms with Gasteiger partial charge in [0.05, 0.1) is 19.2 Å². The van der Waals surface area contributed by atoms with Gasteiger partial charge in [-0.25, -0.2) is 4.98 Å². The summed E-state index contributed by atoms with van der Waals surface area (Å²) in [5.41, 5.74) is 2.15. The molecule has 0 unspecified atom stereocenters. The maximum Gasteiger partial charge on any atom is 0.306 e. The maximum atomic E-state index is 12.2. The van der Waals surface area contributed by atoms with Gasteiger partial charge in [0.25, 0.3) is 0 Å². The van der Waals surface area contributed by atoms with Gasteiger partial charge in [-0.1, -0.05) is 12.1 Å². The summed E-state index contributed by atoms with van der Waals surface area (Å²) in [5.74, 6) is 0.295. The molecular weight excluding hydrogens is 420 g/mol. The number of benzene rings is 2. The molecule has 2 aromatic carbocycles. The quantitative estimate of drug-likeness (QED) is 0.258. The van der Waals surface area contributed by atoms with Crippen LogP contribution in [-0.4, -0.2) is 30.1 Å². The zero-order valence-corrected chi connectivity index (χ0v) is 18.3. The molecule has 0 aliphatic rings. The van der Waals surface area contributed by atoms with Gasteiger partial charge in [0.15, 0.2) is 10.9 Å². The van der Waals surface area contributed by atoms with Gasteiger partial charge in [-0.05, 0) is 42.7 Å². The van der Waals surface area contributed by atoms with Crippen LogP contribution in [-0.2, 0) is 16.1 Å². The molecule has 0 bridgehead atoms. The number of nitrogens with zero attached hydrogens (tertiary/aromatic N) is 1. The molecule has 0 spiro atoms. The first kappa shape index (κ1) is 21.9. The first-order valence-electron chi connectivity index (χ1n) is 9.25. The minimum Gasteiger partial charge on any atom is -0.497 e. The smallest absolute Gasteiger partial charge is 0.306 e. The summed E-state index contributed by atoms with van der Waals surface area (Å²) >= 11 is 3.04. The molecule has 30 heavy (non-hydrogen) atoms. The molecular formula is C22H22N2O4S2. The number of hydrogen-bond acceptors (Lipinski definition) is 8. The van der Waals surface area contributed by atoms with Gasteiger partial charge in [-0.3, -0.25) is 9.59 Å². The SMILES string of the molecule is COc1ccc(Nc2nc(COC(=O)CCC(=O)c3ccc(SC)cc3)cs2)cc1. The van der Waals surface area contributed by atoms with Crippen LogP contribution in [0.3, 0.4) is 0 Å². The molecule has 8 heteroatoms. The summed E-state index contributed by atoms with van der Waals surface area (Å²) in [6.07, 6.45) is 2.15. The topological polar surface area (TPSA) is 77.5 Å². The van der Waals surface area contributed by atoms with Crippen LogP contribution in [0.2, 0.25) is 0 Å². The Morgan fingerprint density at radius 3 is 2.47 bits per heavy atom. The first-order chi connectivity index (χ1) is 14.6. The van der Waals surface area contributed by atoms with Gasteiger partial charge in [-0.15, -0.1) is 23.1 Å². The summed E-state index contributed by atoms with van der Waals surface area (Å²) in [5, 5.41) is 5.73. The van der Waals surface area contributed by atoms with Crippen molar-refractivity contribution in [1.29, 1.82) is 0 Å². The van der Waals surface area contributed by atoms with Gasteiger partial charge < -0.3 is 14.8 Å². The molecule has 0 radical (unpaired) electrons. The number of carbonyl (C=O) groups excluding carboxylic acids is 2. The van der Waals surface area contributed by atoms with E-state index >= 15 is 0 Å². The first-order valence-corrected chi connectivity index (χ1v) is 11.4. The Balaban J connectivity index is 1.42. The molecule has 3 rings (SSSR count). The molecule has 6 nitrogen and oxygen atoms in total. The molecule has 0 amide bonds. The average molecular weight is 443 g/mol. The van der Waals surface area contributed by atoms with E-state index < -0.39 is 5.97 Å². The Bertz CT molecular complexity index is 985. The number of hydrogen-bond donors (Lipinski definition) is 1. The summed E-state index contributed by atoms with van der Waals surface area (Å²) in [6.45, 7) is 0.0796. The third-order valence-corrected chi connectivity index (χ3v) is 5.79. The highest BCUT2D eigenvalue weighted by molar-refractivity contribution is 7.98. The van der Waals surface area contributed by atoms with E-state index in [1.54, 1.807) is 31.0 Å². The van der Waals surface area contributed by atoms with Gasteiger partial charge in [0.2, 0.25) is 0 Å². The van der Waals surface area contributed by atoms with Crippen molar-refractivity contribution >= 4 is 45.7 Å². The van der Waals surface area contributed by atoms with Gasteiger partial charge in [0.1, 0.15) is 12.4 Å². The van der Waals surface area contributed by atoms with Crippen molar-refractivity contribution in [2.75, 3.05) is 18.7 Å². The van der Waals surface area contributed by atoms with E-state index in [1.165, 1.54) is 11.3 Å². The summed E-state index contributed by atoms with van der Waals surface area (Å²) < 4.78 is 10.4. The Morgan fingerprint density at radius 2 is 1.80 bits per heavy atom. The predicted molar refractivity (Wildman–Crippen MR) is 120 cm³/mol. The largest absolute Gasteiger partial charge is 0.497 e. The third kappa shape index (κ3) is 6.33. The molecule has 3 aromatic rings. The Labute approximate surface area is 183 Å². The van der Waals surface area contributed by atoms with Crippen molar-refractivity contribution in [2.24, 2.45) is 0 Å². The number of aromatic nitrogens is 1. The van der Waals surface area contributed by atoms with Gasteiger partial charge in [-0.2, -0.15) is 0 Å². The molecule has 0 fully saturated rings. The summed E-state index contributed by atoms with van der Waals surface area (Å²) in [7, 11) is 1.62. The fourth-order valence-electron chi connectivity index (χ4n) is 2.59. The van der Waals surface area contributed by atoms with Crippen molar-refractivity contribution in [2.45, 2.75) is 24.3 Å². The summed E-state index contributed by atoms with van der Waals surface area (Å²) in [6, 6.07) is 14.9. The van der Waals surface area contributed by atoms with E-state index in [1.807, 2.05) is 48.0 Å². The van der Waals surface area contributed by atoms with Crippen LogP contribution in [0.25, 0.3) is 0 Å². The lowest BCUT2D eigenvalue weighted by Crippen LogP contribution is -2.08. The van der Waals surface area contributed by atoms with Crippen molar-refractivity contribution in [3.05, 3.63) is 65.2 Å². The number of rotatable bonds is 10. The average Bonchev–Trinajstić information content (AvgIpc) is 3.24. The Morgan fingerprint density at radius 1 is 1.07 bits per heavy atom. The highest BCUT2D eigenvalue weighted by atomic mass is 32.2. The fourth-order valence-corrected chi connectivity index (χ4v) is 3.72. The number of nitrogens with one attached hydrogen (secondary N) is 1. The van der Waals surface area contributed by atoms with Gasteiger partial charge in [0, 0.05) is 27.9 Å². The minimum atomic E-state index is -0.415. The lowest BCUT2D eigenvalue weighted by Gasteiger charge is -2.05. The number of esters is 1. The number of methoxy groups -OCH3 is 1. The van der Waals surface area contributed by atoms with Crippen molar-refractivity contribution in [3.8, 4) is 5.75 Å². The van der Waals surface area contributed by atoms with Crippen molar-refractivity contribution in [3.63, 3.8) is 0 Å². The van der Waals surface area contributed by atoms with Crippen LogP contribution >= 0.6 is 23.1 Å². The van der Waals surface area contributed by atoms with Crippen LogP contribution in [0.5, 0.6) is 5.75 Å². The van der Waals surface area contributed by atoms with Crippen LogP contribution in [0, 0.1) is 0 Å². The second-order valence-electron chi connectivity index (χ2n) is 6.31. The lowest BCUT2D eigenvalue weighted by atomic mass is 10.1. The van der Waals surface area contributed by atoms with Crippen LogP contribution in [0.4, 0.5) is 10.8 Å². The maximum absolute atomic E-state index is 12.2. The van der Waals surface area contributed by atoms with Gasteiger partial charge >= 0.3 is 5.97 Å². The summed E-state index contributed by atoms with van der Waals surface area (Å²) in [4.78, 5) is 29.7. The minimum absolute atomic E-state index is 0.0458. The number of thioether (sulfide) groups is 1. The van der Waals surface area contributed by atoms with E-state index in [0.717, 1.165) is 16.3 Å². The second-order valence-corrected chi connectivity index (χ2v) is 8.05. The number of anilines is 2. The second kappa shape index (κ2) is 10.8. The predicted octanol–water partition coefficient (Wildman–Crippen LogP) is 5.32.